The Bertz CT molecular complexity index is 524. The van der Waals surface area contributed by atoms with Gasteiger partial charge in [0.05, 0.1) is 12.1 Å². The van der Waals surface area contributed by atoms with Crippen LogP contribution >= 0.6 is 0 Å². The van der Waals surface area contributed by atoms with Crippen LogP contribution in [0.5, 0.6) is 0 Å². The van der Waals surface area contributed by atoms with Gasteiger partial charge in [-0.15, -0.1) is 0 Å². The highest BCUT2D eigenvalue weighted by Crippen LogP contribution is 2.30. The summed E-state index contributed by atoms with van der Waals surface area (Å²) in [7, 11) is 0. The normalized spacial score (nSPS) is 19.7. The zero-order valence-corrected chi connectivity index (χ0v) is 10.2. The van der Waals surface area contributed by atoms with E-state index < -0.39 is 6.10 Å². The first-order chi connectivity index (χ1) is 8.84. The Labute approximate surface area is 107 Å². The van der Waals surface area contributed by atoms with Crippen LogP contribution in [0.25, 0.3) is 0 Å². The summed E-state index contributed by atoms with van der Waals surface area (Å²) in [4.78, 5) is 0. The Kier molecular flexibility index (Phi) is 3.03. The number of aliphatic hydroxyl groups is 1. The molecule has 1 aliphatic heterocycles. The molecule has 0 saturated heterocycles. The largest absolute Gasteiger partial charge is 0.386 e. The Morgan fingerprint density at radius 3 is 2.56 bits per heavy atom. The summed E-state index contributed by atoms with van der Waals surface area (Å²) in [6.07, 6.45) is 1.55. The molecule has 0 fully saturated rings. The van der Waals surface area contributed by atoms with Crippen LogP contribution in [0.3, 0.4) is 0 Å². The third-order valence-corrected chi connectivity index (χ3v) is 3.61. The third-order valence-electron chi connectivity index (χ3n) is 3.61. The van der Waals surface area contributed by atoms with Crippen LogP contribution in [0.2, 0.25) is 0 Å². The number of benzene rings is 2. The minimum atomic E-state index is -0.445. The van der Waals surface area contributed by atoms with Crippen molar-refractivity contribution in [3.63, 3.8) is 0 Å². The summed E-state index contributed by atoms with van der Waals surface area (Å²) >= 11 is 0. The highest BCUT2D eigenvalue weighted by molar-refractivity contribution is 5.54. The number of rotatable bonds is 2. The molecule has 2 nitrogen and oxygen atoms in total. The van der Waals surface area contributed by atoms with Gasteiger partial charge in [0.2, 0.25) is 0 Å². The van der Waals surface area contributed by atoms with Gasteiger partial charge in [0.15, 0.2) is 0 Å². The summed E-state index contributed by atoms with van der Waals surface area (Å²) in [5, 5.41) is 13.9. The first kappa shape index (κ1) is 11.3. The molecule has 2 unspecified atom stereocenters. The van der Waals surface area contributed by atoms with Crippen LogP contribution in [-0.4, -0.2) is 11.1 Å². The summed E-state index contributed by atoms with van der Waals surface area (Å²) in [5.74, 6) is 0. The van der Waals surface area contributed by atoms with Crippen molar-refractivity contribution in [2.45, 2.75) is 25.0 Å². The maximum absolute atomic E-state index is 10.4. The van der Waals surface area contributed by atoms with E-state index in [-0.39, 0.29) is 6.04 Å². The number of fused-ring (bicyclic) bond motifs is 1. The predicted molar refractivity (Wildman–Crippen MR) is 73.6 cm³/mol. The number of hydrogen-bond acceptors (Lipinski definition) is 2. The van der Waals surface area contributed by atoms with E-state index in [1.807, 2.05) is 36.4 Å². The predicted octanol–water partition coefficient (Wildman–Crippen LogP) is 3.15. The second kappa shape index (κ2) is 4.83. The molecule has 2 aromatic carbocycles. The number of nitrogens with one attached hydrogen (secondary N) is 1. The van der Waals surface area contributed by atoms with E-state index in [1.165, 1.54) is 5.56 Å². The van der Waals surface area contributed by atoms with Crippen LogP contribution in [0, 0.1) is 0 Å². The lowest BCUT2D eigenvalue weighted by atomic mass is 9.92. The maximum Gasteiger partial charge on any atom is 0.0991 e. The van der Waals surface area contributed by atoms with E-state index in [9.17, 15) is 5.11 Å². The van der Waals surface area contributed by atoms with E-state index in [4.69, 9.17) is 0 Å². The maximum atomic E-state index is 10.4. The third kappa shape index (κ3) is 2.12. The van der Waals surface area contributed by atoms with Crippen molar-refractivity contribution < 1.29 is 5.11 Å². The molecular formula is C16H17NO. The van der Waals surface area contributed by atoms with Crippen LogP contribution in [0.4, 0.5) is 5.69 Å². The van der Waals surface area contributed by atoms with Crippen LogP contribution in [0.15, 0.2) is 54.6 Å². The minimum Gasteiger partial charge on any atom is -0.386 e. The lowest BCUT2D eigenvalue weighted by Crippen LogP contribution is -2.31. The van der Waals surface area contributed by atoms with Crippen molar-refractivity contribution in [2.75, 3.05) is 5.32 Å². The van der Waals surface area contributed by atoms with E-state index in [0.29, 0.717) is 0 Å². The average Bonchev–Trinajstić information content (AvgIpc) is 2.47. The van der Waals surface area contributed by atoms with E-state index >= 15 is 0 Å². The number of aryl methyl sites for hydroxylation is 1. The standard InChI is InChI=1S/C16H17NO/c18-16(13-7-2-1-3-8-13)15-11-10-12-6-4-5-9-14(12)17-15/h1-9,15-18H,10-11H2. The molecule has 0 radical (unpaired) electrons. The molecule has 0 spiro atoms. The fraction of sp³-hybridized carbons (Fsp3) is 0.250. The van der Waals surface area contributed by atoms with Crippen molar-refractivity contribution in [3.8, 4) is 0 Å². The summed E-state index contributed by atoms with van der Waals surface area (Å²) < 4.78 is 0. The summed E-state index contributed by atoms with van der Waals surface area (Å²) in [6.45, 7) is 0. The van der Waals surface area contributed by atoms with Gasteiger partial charge in [0.1, 0.15) is 0 Å². The molecule has 18 heavy (non-hydrogen) atoms. The zero-order valence-electron chi connectivity index (χ0n) is 10.2. The fourth-order valence-corrected chi connectivity index (χ4v) is 2.58. The number of para-hydroxylation sites is 1. The lowest BCUT2D eigenvalue weighted by molar-refractivity contribution is 0.149. The molecular weight excluding hydrogens is 222 g/mol. The number of hydrogen-bond donors (Lipinski definition) is 2. The van der Waals surface area contributed by atoms with Crippen LogP contribution in [-0.2, 0) is 6.42 Å². The molecule has 0 aliphatic carbocycles. The van der Waals surface area contributed by atoms with Crippen LogP contribution < -0.4 is 5.32 Å². The van der Waals surface area contributed by atoms with Crippen molar-refractivity contribution in [3.05, 3.63) is 65.7 Å². The van der Waals surface area contributed by atoms with Gasteiger partial charge in [-0.1, -0.05) is 48.5 Å². The van der Waals surface area contributed by atoms with Gasteiger partial charge < -0.3 is 10.4 Å². The van der Waals surface area contributed by atoms with Crippen molar-refractivity contribution in [1.29, 1.82) is 0 Å². The molecule has 1 heterocycles. The molecule has 2 atom stereocenters. The quantitative estimate of drug-likeness (QED) is 0.843. The molecule has 1 aliphatic rings. The second-order valence-corrected chi connectivity index (χ2v) is 4.80. The smallest absolute Gasteiger partial charge is 0.0991 e. The summed E-state index contributed by atoms with van der Waals surface area (Å²) in [5.41, 5.74) is 3.48. The first-order valence-corrected chi connectivity index (χ1v) is 6.42. The lowest BCUT2D eigenvalue weighted by Gasteiger charge is -2.30. The highest BCUT2D eigenvalue weighted by Gasteiger charge is 2.24. The second-order valence-electron chi connectivity index (χ2n) is 4.80. The van der Waals surface area contributed by atoms with Gasteiger partial charge in [-0.3, -0.25) is 0 Å². The molecule has 0 saturated carbocycles. The van der Waals surface area contributed by atoms with Crippen molar-refractivity contribution >= 4 is 5.69 Å². The Balaban J connectivity index is 1.80. The van der Waals surface area contributed by atoms with Gasteiger partial charge in [-0.25, -0.2) is 0 Å². The van der Waals surface area contributed by atoms with E-state index in [1.54, 1.807) is 0 Å². The molecule has 92 valence electrons. The Hall–Kier alpha value is -1.80. The van der Waals surface area contributed by atoms with Gasteiger partial charge in [0, 0.05) is 5.69 Å². The van der Waals surface area contributed by atoms with Crippen molar-refractivity contribution in [2.24, 2.45) is 0 Å². The van der Waals surface area contributed by atoms with Gasteiger partial charge >= 0.3 is 0 Å². The molecule has 0 amide bonds. The molecule has 2 N–H and O–H groups in total. The van der Waals surface area contributed by atoms with Crippen LogP contribution in [0.1, 0.15) is 23.7 Å². The number of aliphatic hydroxyl groups excluding tert-OH is 1. The molecule has 3 rings (SSSR count). The minimum absolute atomic E-state index is 0.0994. The Morgan fingerprint density at radius 2 is 1.72 bits per heavy atom. The molecule has 0 aromatic heterocycles. The van der Waals surface area contributed by atoms with E-state index in [0.717, 1.165) is 24.1 Å². The first-order valence-electron chi connectivity index (χ1n) is 6.42. The molecule has 0 bridgehead atoms. The average molecular weight is 239 g/mol. The SMILES string of the molecule is OC(c1ccccc1)C1CCc2ccccc2N1. The Morgan fingerprint density at radius 1 is 1.00 bits per heavy atom. The number of anilines is 1. The fourth-order valence-electron chi connectivity index (χ4n) is 2.58. The summed E-state index contributed by atoms with van der Waals surface area (Å²) in [6, 6.07) is 18.3. The molecule has 2 heteroatoms. The zero-order chi connectivity index (χ0) is 12.4. The topological polar surface area (TPSA) is 32.3 Å². The highest BCUT2D eigenvalue weighted by atomic mass is 16.3. The monoisotopic (exact) mass is 239 g/mol. The van der Waals surface area contributed by atoms with Gasteiger partial charge in [0.25, 0.3) is 0 Å². The van der Waals surface area contributed by atoms with Crippen molar-refractivity contribution in [1.82, 2.24) is 0 Å². The molecule has 2 aromatic rings. The van der Waals surface area contributed by atoms with E-state index in [2.05, 4.69) is 23.5 Å². The van der Waals surface area contributed by atoms with Gasteiger partial charge in [-0.05, 0) is 30.0 Å². The van der Waals surface area contributed by atoms with Gasteiger partial charge in [-0.2, -0.15) is 0 Å².